The molecule has 0 amide bonds. The summed E-state index contributed by atoms with van der Waals surface area (Å²) in [6.07, 6.45) is 1.79. The third kappa shape index (κ3) is 3.72. The standard InChI is InChI=1S/C13H13NO.Na.H/c15-13(12-8-4-5-9-14-12)10-11-6-2-1-3-7-11;;/h1-9,13,15H,10H2;;/q;+1;-1. The van der Waals surface area contributed by atoms with Crippen molar-refractivity contribution < 1.29 is 36.1 Å². The number of pyridine rings is 1. The summed E-state index contributed by atoms with van der Waals surface area (Å²) in [6.45, 7) is 0. The van der Waals surface area contributed by atoms with Crippen molar-refractivity contribution in [3.8, 4) is 0 Å². The minimum Gasteiger partial charge on any atom is -1.00 e. The number of aromatic nitrogens is 1. The van der Waals surface area contributed by atoms with Gasteiger partial charge in [-0.25, -0.2) is 0 Å². The van der Waals surface area contributed by atoms with Gasteiger partial charge < -0.3 is 6.53 Å². The Kier molecular flexibility index (Phi) is 5.71. The zero-order valence-corrected chi connectivity index (χ0v) is 11.4. The number of hydrogen-bond acceptors (Lipinski definition) is 2. The molecule has 0 bridgehead atoms. The first-order valence-electron chi connectivity index (χ1n) is 4.99. The van der Waals surface area contributed by atoms with Crippen LogP contribution in [0.2, 0.25) is 0 Å². The Morgan fingerprint density at radius 2 is 1.75 bits per heavy atom. The largest absolute Gasteiger partial charge is 1.00 e. The van der Waals surface area contributed by atoms with Crippen molar-refractivity contribution in [1.82, 2.24) is 4.98 Å². The summed E-state index contributed by atoms with van der Waals surface area (Å²) in [4.78, 5) is 4.12. The number of aliphatic hydroxyl groups is 1. The van der Waals surface area contributed by atoms with Gasteiger partial charge in [0.2, 0.25) is 0 Å². The number of benzene rings is 1. The molecule has 1 atom stereocenters. The van der Waals surface area contributed by atoms with Gasteiger partial charge in [0, 0.05) is 12.6 Å². The van der Waals surface area contributed by atoms with Crippen LogP contribution in [0.5, 0.6) is 0 Å². The van der Waals surface area contributed by atoms with Crippen LogP contribution in [0.3, 0.4) is 0 Å². The zero-order valence-electron chi connectivity index (χ0n) is 10.4. The van der Waals surface area contributed by atoms with Crippen molar-refractivity contribution in [3.05, 3.63) is 66.0 Å². The number of hydrogen-bond donors (Lipinski definition) is 1. The second-order valence-corrected chi connectivity index (χ2v) is 3.46. The molecule has 1 aromatic carbocycles. The maximum absolute atomic E-state index is 9.91. The number of aliphatic hydroxyl groups excluding tert-OH is 1. The van der Waals surface area contributed by atoms with E-state index < -0.39 is 6.10 Å². The van der Waals surface area contributed by atoms with E-state index in [2.05, 4.69) is 4.98 Å². The number of nitrogens with zero attached hydrogens (tertiary/aromatic N) is 1. The molecular weight excluding hydrogens is 209 g/mol. The van der Waals surface area contributed by atoms with Crippen molar-refractivity contribution in [3.63, 3.8) is 0 Å². The Labute approximate surface area is 119 Å². The Morgan fingerprint density at radius 1 is 1.06 bits per heavy atom. The molecule has 3 heteroatoms. The molecule has 2 aromatic rings. The minimum atomic E-state index is -0.520. The quantitative estimate of drug-likeness (QED) is 0.710. The molecule has 1 N–H and O–H groups in total. The Balaban J connectivity index is 0.00000128. The van der Waals surface area contributed by atoms with Crippen LogP contribution in [0, 0.1) is 0 Å². The molecular formula is C13H14NNaO. The smallest absolute Gasteiger partial charge is 1.00 e. The monoisotopic (exact) mass is 223 g/mol. The van der Waals surface area contributed by atoms with Crippen molar-refractivity contribution in [1.29, 1.82) is 0 Å². The normalized spacial score (nSPS) is 11.6. The molecule has 2 nitrogen and oxygen atoms in total. The zero-order chi connectivity index (χ0) is 10.5. The first-order valence-corrected chi connectivity index (χ1v) is 4.99. The van der Waals surface area contributed by atoms with Gasteiger partial charge in [-0.1, -0.05) is 36.4 Å². The Morgan fingerprint density at radius 3 is 2.38 bits per heavy atom. The average molecular weight is 223 g/mol. The van der Waals surface area contributed by atoms with Gasteiger partial charge in [0.15, 0.2) is 0 Å². The Hall–Kier alpha value is -0.670. The fraction of sp³-hybridized carbons (Fsp3) is 0.154. The van der Waals surface area contributed by atoms with Gasteiger partial charge in [0.25, 0.3) is 0 Å². The van der Waals surface area contributed by atoms with Gasteiger partial charge >= 0.3 is 29.6 Å². The van der Waals surface area contributed by atoms with Crippen molar-refractivity contribution >= 4 is 0 Å². The van der Waals surface area contributed by atoms with E-state index in [-0.39, 0.29) is 31.0 Å². The van der Waals surface area contributed by atoms with Gasteiger partial charge in [-0.3, -0.25) is 4.98 Å². The molecule has 0 saturated heterocycles. The first kappa shape index (κ1) is 13.4. The molecule has 0 saturated carbocycles. The number of rotatable bonds is 3. The third-order valence-corrected chi connectivity index (χ3v) is 2.30. The van der Waals surface area contributed by atoms with Crippen LogP contribution in [0.4, 0.5) is 0 Å². The predicted octanol–water partition coefficient (Wildman–Crippen LogP) is -0.526. The third-order valence-electron chi connectivity index (χ3n) is 2.30. The minimum absolute atomic E-state index is 0. The molecule has 0 spiro atoms. The van der Waals surface area contributed by atoms with E-state index in [0.717, 1.165) is 11.3 Å². The van der Waals surface area contributed by atoms with Crippen molar-refractivity contribution in [2.75, 3.05) is 0 Å². The van der Waals surface area contributed by atoms with Gasteiger partial charge in [0.05, 0.1) is 11.8 Å². The first-order chi connectivity index (χ1) is 7.36. The van der Waals surface area contributed by atoms with Crippen LogP contribution in [-0.2, 0) is 6.42 Å². The van der Waals surface area contributed by atoms with Crippen LogP contribution in [-0.4, -0.2) is 10.1 Å². The van der Waals surface area contributed by atoms with E-state index in [9.17, 15) is 5.11 Å². The van der Waals surface area contributed by atoms with E-state index in [1.54, 1.807) is 6.20 Å². The maximum Gasteiger partial charge on any atom is 1.00 e. The average Bonchev–Trinajstić information content (AvgIpc) is 2.31. The summed E-state index contributed by atoms with van der Waals surface area (Å²) < 4.78 is 0. The van der Waals surface area contributed by atoms with Gasteiger partial charge in [-0.15, -0.1) is 0 Å². The molecule has 0 aliphatic carbocycles. The summed E-state index contributed by atoms with van der Waals surface area (Å²) in [6, 6.07) is 15.5. The molecule has 0 aliphatic rings. The SMILES string of the molecule is OC(Cc1ccccc1)c1ccccn1.[H-].[Na+]. The van der Waals surface area contributed by atoms with E-state index in [0.29, 0.717) is 6.42 Å². The molecule has 1 heterocycles. The molecule has 0 aliphatic heterocycles. The van der Waals surface area contributed by atoms with E-state index in [4.69, 9.17) is 0 Å². The maximum atomic E-state index is 9.91. The summed E-state index contributed by atoms with van der Waals surface area (Å²) in [7, 11) is 0. The molecule has 1 aromatic heterocycles. The van der Waals surface area contributed by atoms with Crippen molar-refractivity contribution in [2.24, 2.45) is 0 Å². The van der Waals surface area contributed by atoms with Crippen LogP contribution in [0.1, 0.15) is 18.8 Å². The van der Waals surface area contributed by atoms with E-state index >= 15 is 0 Å². The van der Waals surface area contributed by atoms with Gasteiger partial charge in [0.1, 0.15) is 0 Å². The van der Waals surface area contributed by atoms with Crippen LogP contribution in [0.15, 0.2) is 54.7 Å². The molecule has 16 heavy (non-hydrogen) atoms. The molecule has 78 valence electrons. The van der Waals surface area contributed by atoms with Gasteiger partial charge in [-0.05, 0) is 17.7 Å². The fourth-order valence-corrected chi connectivity index (χ4v) is 1.52. The topological polar surface area (TPSA) is 33.1 Å². The fourth-order valence-electron chi connectivity index (χ4n) is 1.52. The second kappa shape index (κ2) is 6.81. The van der Waals surface area contributed by atoms with Crippen molar-refractivity contribution in [2.45, 2.75) is 12.5 Å². The summed E-state index contributed by atoms with van der Waals surface area (Å²) in [5.74, 6) is 0. The van der Waals surface area contributed by atoms with Crippen LogP contribution in [0.25, 0.3) is 0 Å². The summed E-state index contributed by atoms with van der Waals surface area (Å²) in [5.41, 5.74) is 1.84. The van der Waals surface area contributed by atoms with E-state index in [1.165, 1.54) is 0 Å². The molecule has 2 rings (SSSR count). The Bertz CT molecular complexity index is 410. The molecule has 0 fully saturated rings. The van der Waals surface area contributed by atoms with Crippen LogP contribution >= 0.6 is 0 Å². The molecule has 0 radical (unpaired) electrons. The van der Waals surface area contributed by atoms with Crippen LogP contribution < -0.4 is 29.6 Å². The second-order valence-electron chi connectivity index (χ2n) is 3.46. The van der Waals surface area contributed by atoms with Gasteiger partial charge in [-0.2, -0.15) is 0 Å². The summed E-state index contributed by atoms with van der Waals surface area (Å²) in [5, 5.41) is 9.91. The molecule has 1 unspecified atom stereocenters. The van der Waals surface area contributed by atoms with E-state index in [1.807, 2.05) is 48.5 Å². The summed E-state index contributed by atoms with van der Waals surface area (Å²) >= 11 is 0. The predicted molar refractivity (Wildman–Crippen MR) is 60.5 cm³/mol.